The van der Waals surface area contributed by atoms with Crippen molar-refractivity contribution in [1.29, 1.82) is 0 Å². The molecule has 0 radical (unpaired) electrons. The van der Waals surface area contributed by atoms with Crippen LogP contribution in [0.5, 0.6) is 0 Å². The lowest BCUT2D eigenvalue weighted by Gasteiger charge is -2.37. The Morgan fingerprint density at radius 2 is 1.38 bits per heavy atom. The lowest BCUT2D eigenvalue weighted by Crippen LogP contribution is -2.59. The number of carbonyl (C=O) groups is 4. The normalized spacial score (nSPS) is 14.6. The van der Waals surface area contributed by atoms with E-state index in [0.29, 0.717) is 6.42 Å². The van der Waals surface area contributed by atoms with Gasteiger partial charge in [-0.1, -0.05) is 102 Å². The number of aliphatic hydroxyl groups is 1. The SMILES string of the molecule is COC(=O)N[C@H](C(=O)N[C@@H](Cc1ccccc1)C[C@H](O)[C@H](Cc1ccc(-c2ccc(C)nc2)cc1)NC(=O)[C@@H](N(C)C(=O)O)C(C)(C)C)C(C)(C)C. The van der Waals surface area contributed by atoms with Gasteiger partial charge in [-0.3, -0.25) is 19.5 Å². The van der Waals surface area contributed by atoms with Crippen molar-refractivity contribution in [3.63, 3.8) is 0 Å². The number of hydrogen-bond acceptors (Lipinski definition) is 7. The molecule has 5 N–H and O–H groups in total. The van der Waals surface area contributed by atoms with E-state index < -0.39 is 65.1 Å². The summed E-state index contributed by atoms with van der Waals surface area (Å²) in [5.41, 5.74) is 3.09. The molecular formula is C40H55N5O7. The van der Waals surface area contributed by atoms with Gasteiger partial charge in [-0.05, 0) is 59.8 Å². The number of benzene rings is 2. The van der Waals surface area contributed by atoms with E-state index in [1.807, 2.05) is 94.4 Å². The van der Waals surface area contributed by atoms with Crippen LogP contribution in [0.25, 0.3) is 11.1 Å². The van der Waals surface area contributed by atoms with Gasteiger partial charge in [0.1, 0.15) is 12.1 Å². The molecule has 5 atom stereocenters. The Labute approximate surface area is 307 Å². The number of amides is 4. The van der Waals surface area contributed by atoms with Crippen LogP contribution in [-0.2, 0) is 27.2 Å². The van der Waals surface area contributed by atoms with Crippen LogP contribution in [0, 0.1) is 17.8 Å². The van der Waals surface area contributed by atoms with Crippen LogP contribution >= 0.6 is 0 Å². The van der Waals surface area contributed by atoms with Gasteiger partial charge in [-0.15, -0.1) is 0 Å². The van der Waals surface area contributed by atoms with E-state index in [-0.39, 0.29) is 12.8 Å². The van der Waals surface area contributed by atoms with Crippen LogP contribution in [0.3, 0.4) is 0 Å². The Morgan fingerprint density at radius 1 is 0.788 bits per heavy atom. The molecule has 0 aliphatic carbocycles. The Morgan fingerprint density at radius 3 is 1.90 bits per heavy atom. The van der Waals surface area contributed by atoms with Crippen LogP contribution in [0.1, 0.15) is 64.8 Å². The first-order valence-corrected chi connectivity index (χ1v) is 17.4. The summed E-state index contributed by atoms with van der Waals surface area (Å²) in [5, 5.41) is 30.4. The molecule has 3 rings (SSSR count). The molecule has 0 aliphatic heterocycles. The zero-order valence-corrected chi connectivity index (χ0v) is 31.8. The van der Waals surface area contributed by atoms with Gasteiger partial charge in [-0.2, -0.15) is 0 Å². The first-order chi connectivity index (χ1) is 24.3. The molecule has 1 aromatic heterocycles. The maximum Gasteiger partial charge on any atom is 0.407 e. The Balaban J connectivity index is 1.98. The van der Waals surface area contributed by atoms with E-state index in [4.69, 9.17) is 4.74 Å². The number of methoxy groups -OCH3 is 1. The van der Waals surface area contributed by atoms with E-state index in [1.54, 1.807) is 27.0 Å². The Hall–Kier alpha value is -4.97. The zero-order valence-electron chi connectivity index (χ0n) is 31.8. The van der Waals surface area contributed by atoms with Crippen molar-refractivity contribution in [2.45, 2.75) is 98.0 Å². The van der Waals surface area contributed by atoms with Gasteiger partial charge in [-0.25, -0.2) is 9.59 Å². The summed E-state index contributed by atoms with van der Waals surface area (Å²) < 4.78 is 4.77. The van der Waals surface area contributed by atoms with E-state index in [1.165, 1.54) is 14.2 Å². The second-order valence-electron chi connectivity index (χ2n) is 15.5. The number of aromatic nitrogens is 1. The summed E-state index contributed by atoms with van der Waals surface area (Å²) in [5.74, 6) is -1.01. The summed E-state index contributed by atoms with van der Waals surface area (Å²) in [6, 6.07) is 17.6. The highest BCUT2D eigenvalue weighted by Gasteiger charge is 2.40. The number of nitrogens with zero attached hydrogens (tertiary/aromatic N) is 2. The molecule has 282 valence electrons. The van der Waals surface area contributed by atoms with E-state index in [0.717, 1.165) is 32.8 Å². The number of alkyl carbamates (subject to hydrolysis) is 1. The van der Waals surface area contributed by atoms with Crippen LogP contribution in [0.2, 0.25) is 0 Å². The van der Waals surface area contributed by atoms with Gasteiger partial charge >= 0.3 is 12.2 Å². The molecule has 0 saturated carbocycles. The third kappa shape index (κ3) is 12.1. The van der Waals surface area contributed by atoms with Crippen LogP contribution in [0.4, 0.5) is 9.59 Å². The molecule has 12 heteroatoms. The number of aryl methyl sites for hydroxylation is 1. The average molecular weight is 718 g/mol. The molecule has 0 saturated heterocycles. The van der Waals surface area contributed by atoms with E-state index in [2.05, 4.69) is 20.9 Å². The van der Waals surface area contributed by atoms with E-state index >= 15 is 0 Å². The molecule has 3 aromatic rings. The number of carboxylic acid groups (broad SMARTS) is 1. The molecule has 1 heterocycles. The van der Waals surface area contributed by atoms with E-state index in [9.17, 15) is 29.4 Å². The van der Waals surface area contributed by atoms with Gasteiger partial charge in [0.15, 0.2) is 0 Å². The molecule has 0 aliphatic rings. The monoisotopic (exact) mass is 717 g/mol. The summed E-state index contributed by atoms with van der Waals surface area (Å²) >= 11 is 0. The molecular weight excluding hydrogens is 662 g/mol. The predicted octanol–water partition coefficient (Wildman–Crippen LogP) is 5.36. The number of ether oxygens (including phenoxy) is 1. The molecule has 52 heavy (non-hydrogen) atoms. The van der Waals surface area contributed by atoms with Gasteiger partial charge in [0.2, 0.25) is 11.8 Å². The third-order valence-corrected chi connectivity index (χ3v) is 8.98. The third-order valence-electron chi connectivity index (χ3n) is 8.98. The van der Waals surface area contributed by atoms with Crippen molar-refractivity contribution in [2.24, 2.45) is 10.8 Å². The lowest BCUT2D eigenvalue weighted by molar-refractivity contribution is -0.131. The van der Waals surface area contributed by atoms with Gasteiger partial charge < -0.3 is 30.9 Å². The van der Waals surface area contributed by atoms with Crippen LogP contribution < -0.4 is 16.0 Å². The fourth-order valence-corrected chi connectivity index (χ4v) is 6.22. The van der Waals surface area contributed by atoms with Crippen molar-refractivity contribution >= 4 is 24.0 Å². The van der Waals surface area contributed by atoms with Gasteiger partial charge in [0.05, 0.1) is 19.3 Å². The summed E-state index contributed by atoms with van der Waals surface area (Å²) in [6.45, 7) is 12.7. The smallest absolute Gasteiger partial charge is 0.407 e. The second kappa shape index (κ2) is 18.0. The standard InChI is InChI=1S/C40H55N5O7/c1-25-15-18-29(24-41-25)28-19-16-27(17-20-28)22-31(43-36(48)34(40(5,6)7)45(8)38(50)51)32(46)23-30(21-26-13-11-10-12-14-26)42-35(47)33(39(2,3)4)44-37(49)52-9/h10-20,24,30-34,46H,21-23H2,1-9H3,(H,42,47)(H,43,48)(H,44,49)(H,50,51)/t30-,31-,32-,33+,34+/m0/s1. The van der Waals surface area contributed by atoms with Gasteiger partial charge in [0, 0.05) is 30.5 Å². The highest BCUT2D eigenvalue weighted by atomic mass is 16.5. The summed E-state index contributed by atoms with van der Waals surface area (Å²) in [4.78, 5) is 57.3. The largest absolute Gasteiger partial charge is 0.465 e. The Bertz CT molecular complexity index is 1630. The summed E-state index contributed by atoms with van der Waals surface area (Å²) in [6.07, 6.45) is -0.790. The highest BCUT2D eigenvalue weighted by Crippen LogP contribution is 2.26. The number of aliphatic hydroxyl groups excluding tert-OH is 1. The lowest BCUT2D eigenvalue weighted by atomic mass is 9.84. The molecule has 0 fully saturated rings. The maximum atomic E-state index is 13.9. The Kier molecular flexibility index (Phi) is 14.3. The molecule has 0 unspecified atom stereocenters. The molecule has 0 bridgehead atoms. The number of rotatable bonds is 14. The number of pyridine rings is 1. The minimum atomic E-state index is -1.26. The fourth-order valence-electron chi connectivity index (χ4n) is 6.22. The first kappa shape index (κ1) is 41.5. The first-order valence-electron chi connectivity index (χ1n) is 17.4. The second-order valence-corrected chi connectivity index (χ2v) is 15.5. The summed E-state index contributed by atoms with van der Waals surface area (Å²) in [7, 11) is 2.57. The number of hydrogen-bond donors (Lipinski definition) is 5. The fraction of sp³-hybridized carbons (Fsp3) is 0.475. The molecule has 4 amide bonds. The quantitative estimate of drug-likeness (QED) is 0.149. The van der Waals surface area contributed by atoms with Crippen molar-refractivity contribution < 1.29 is 34.1 Å². The van der Waals surface area contributed by atoms with Crippen molar-refractivity contribution in [1.82, 2.24) is 25.8 Å². The number of carbonyl (C=O) groups excluding carboxylic acids is 3. The molecule has 2 aromatic carbocycles. The topological polar surface area (TPSA) is 170 Å². The molecule has 0 spiro atoms. The minimum absolute atomic E-state index is 0.0305. The van der Waals surface area contributed by atoms with Crippen molar-refractivity contribution in [2.75, 3.05) is 14.2 Å². The van der Waals surface area contributed by atoms with Crippen molar-refractivity contribution in [3.8, 4) is 11.1 Å². The number of nitrogens with one attached hydrogen (secondary N) is 3. The average Bonchev–Trinajstić information content (AvgIpc) is 3.06. The maximum absolute atomic E-state index is 13.9. The highest BCUT2D eigenvalue weighted by molar-refractivity contribution is 5.87. The van der Waals surface area contributed by atoms with Crippen LogP contribution in [0.15, 0.2) is 72.9 Å². The molecule has 12 nitrogen and oxygen atoms in total. The van der Waals surface area contributed by atoms with Crippen molar-refractivity contribution in [3.05, 3.63) is 89.7 Å². The number of likely N-dealkylation sites (N-methyl/N-ethyl adjacent to an activating group) is 1. The zero-order chi connectivity index (χ0) is 38.8. The van der Waals surface area contributed by atoms with Crippen LogP contribution in [-0.4, -0.2) is 88.5 Å². The minimum Gasteiger partial charge on any atom is -0.465 e. The van der Waals surface area contributed by atoms with Gasteiger partial charge in [0.25, 0.3) is 0 Å². The predicted molar refractivity (Wildman–Crippen MR) is 201 cm³/mol.